The molecule has 2 unspecified atom stereocenters. The average Bonchev–Trinajstić information content (AvgIpc) is 2.41. The first-order valence-electron chi connectivity index (χ1n) is 8.31. The summed E-state index contributed by atoms with van der Waals surface area (Å²) >= 11 is 0. The van der Waals surface area contributed by atoms with E-state index in [0.29, 0.717) is 12.2 Å². The van der Waals surface area contributed by atoms with E-state index in [1.165, 1.54) is 0 Å². The Morgan fingerprint density at radius 3 is 2.27 bits per heavy atom. The molecule has 0 aromatic rings. The normalized spacial score (nSPS) is 23.8. The first-order valence-corrected chi connectivity index (χ1v) is 8.31. The molecule has 22 heavy (non-hydrogen) atoms. The average molecular weight is 426 g/mol. The number of guanidine groups is 1. The van der Waals surface area contributed by atoms with Crippen LogP contribution in [0.3, 0.4) is 0 Å². The van der Waals surface area contributed by atoms with Crippen molar-refractivity contribution in [3.8, 4) is 0 Å². The van der Waals surface area contributed by atoms with E-state index in [0.717, 1.165) is 45.1 Å². The second-order valence-electron chi connectivity index (χ2n) is 6.60. The van der Waals surface area contributed by atoms with Crippen molar-refractivity contribution in [1.82, 2.24) is 15.5 Å². The third-order valence-electron chi connectivity index (χ3n) is 3.79. The van der Waals surface area contributed by atoms with Gasteiger partial charge in [0.25, 0.3) is 0 Å². The van der Waals surface area contributed by atoms with Gasteiger partial charge in [0.1, 0.15) is 0 Å². The van der Waals surface area contributed by atoms with Gasteiger partial charge in [-0.25, -0.2) is 0 Å². The number of nitrogens with one attached hydrogen (secondary N) is 2. The van der Waals surface area contributed by atoms with Crippen molar-refractivity contribution in [3.63, 3.8) is 0 Å². The first kappa shape index (κ1) is 21.9. The Morgan fingerprint density at radius 2 is 1.77 bits per heavy atom. The van der Waals surface area contributed by atoms with Crippen molar-refractivity contribution in [2.24, 2.45) is 4.99 Å². The molecule has 6 heteroatoms. The number of nitrogens with zero attached hydrogens (tertiary/aromatic N) is 2. The number of hydrogen-bond acceptors (Lipinski definition) is 3. The summed E-state index contributed by atoms with van der Waals surface area (Å²) in [4.78, 5) is 7.26. The molecule has 1 heterocycles. The monoisotopic (exact) mass is 426 g/mol. The molecular formula is C16H35IN4O. The Bertz CT molecular complexity index is 326. The van der Waals surface area contributed by atoms with Crippen molar-refractivity contribution in [2.45, 2.75) is 65.7 Å². The molecule has 0 radical (unpaired) electrons. The first-order chi connectivity index (χ1) is 9.89. The molecule has 1 fully saturated rings. The minimum atomic E-state index is 0. The van der Waals surface area contributed by atoms with E-state index in [9.17, 15) is 0 Å². The van der Waals surface area contributed by atoms with Crippen LogP contribution in [0, 0.1) is 0 Å². The highest BCUT2D eigenvalue weighted by atomic mass is 127. The Balaban J connectivity index is 0.00000441. The van der Waals surface area contributed by atoms with Crippen LogP contribution in [-0.2, 0) is 4.74 Å². The van der Waals surface area contributed by atoms with Crippen LogP contribution >= 0.6 is 24.0 Å². The summed E-state index contributed by atoms with van der Waals surface area (Å²) < 4.78 is 5.83. The largest absolute Gasteiger partial charge is 0.373 e. The lowest BCUT2D eigenvalue weighted by Crippen LogP contribution is -2.56. The Labute approximate surface area is 153 Å². The van der Waals surface area contributed by atoms with Gasteiger partial charge in [-0.3, -0.25) is 9.89 Å². The molecular weight excluding hydrogens is 391 g/mol. The maximum atomic E-state index is 5.83. The summed E-state index contributed by atoms with van der Waals surface area (Å²) in [5, 5.41) is 6.67. The summed E-state index contributed by atoms with van der Waals surface area (Å²) in [6.45, 7) is 17.7. The fourth-order valence-corrected chi connectivity index (χ4v) is 2.63. The SMILES string of the molecule is CCCNC(=NCC(C)(C)N1CC(C)OC(C)C1)NCC.I. The van der Waals surface area contributed by atoms with Gasteiger partial charge in [-0.1, -0.05) is 6.92 Å². The van der Waals surface area contributed by atoms with Gasteiger partial charge in [-0.05, 0) is 41.0 Å². The van der Waals surface area contributed by atoms with E-state index >= 15 is 0 Å². The fourth-order valence-electron chi connectivity index (χ4n) is 2.63. The molecule has 1 saturated heterocycles. The van der Waals surface area contributed by atoms with Gasteiger partial charge in [-0.15, -0.1) is 24.0 Å². The number of ether oxygens (including phenoxy) is 1. The molecule has 1 aliphatic rings. The van der Waals surface area contributed by atoms with Crippen LogP contribution < -0.4 is 10.6 Å². The van der Waals surface area contributed by atoms with Gasteiger partial charge >= 0.3 is 0 Å². The van der Waals surface area contributed by atoms with Gasteiger partial charge in [-0.2, -0.15) is 0 Å². The topological polar surface area (TPSA) is 48.9 Å². The third-order valence-corrected chi connectivity index (χ3v) is 3.79. The molecule has 132 valence electrons. The van der Waals surface area contributed by atoms with E-state index < -0.39 is 0 Å². The lowest BCUT2D eigenvalue weighted by Gasteiger charge is -2.44. The molecule has 0 aromatic carbocycles. The zero-order chi connectivity index (χ0) is 15.9. The van der Waals surface area contributed by atoms with E-state index in [1.54, 1.807) is 0 Å². The zero-order valence-electron chi connectivity index (χ0n) is 15.1. The highest BCUT2D eigenvalue weighted by Gasteiger charge is 2.33. The molecule has 2 atom stereocenters. The maximum Gasteiger partial charge on any atom is 0.191 e. The summed E-state index contributed by atoms with van der Waals surface area (Å²) in [5.41, 5.74) is 0.0425. The van der Waals surface area contributed by atoms with Crippen LogP contribution in [0.15, 0.2) is 4.99 Å². The second kappa shape index (κ2) is 10.6. The highest BCUT2D eigenvalue weighted by Crippen LogP contribution is 2.21. The number of hydrogen-bond donors (Lipinski definition) is 2. The van der Waals surface area contributed by atoms with E-state index in [4.69, 9.17) is 9.73 Å². The number of morpholine rings is 1. The molecule has 0 spiro atoms. The van der Waals surface area contributed by atoms with Crippen molar-refractivity contribution >= 4 is 29.9 Å². The standard InChI is InChI=1S/C16H34N4O.HI/c1-7-9-18-15(17-8-2)19-12-16(5,6)20-10-13(3)21-14(4)11-20;/h13-14H,7-12H2,1-6H3,(H2,17,18,19);1H. The molecule has 0 aromatic heterocycles. The maximum absolute atomic E-state index is 5.83. The summed E-state index contributed by atoms with van der Waals surface area (Å²) in [6, 6.07) is 0. The van der Waals surface area contributed by atoms with Gasteiger partial charge < -0.3 is 15.4 Å². The number of aliphatic imine (C=N–C) groups is 1. The number of rotatable bonds is 6. The molecule has 0 aliphatic carbocycles. The lowest BCUT2D eigenvalue weighted by atomic mass is 10.0. The van der Waals surface area contributed by atoms with E-state index in [-0.39, 0.29) is 29.5 Å². The lowest BCUT2D eigenvalue weighted by molar-refractivity contribution is -0.0939. The van der Waals surface area contributed by atoms with Crippen LogP contribution in [0.1, 0.15) is 48.0 Å². The summed E-state index contributed by atoms with van der Waals surface area (Å²) in [6.07, 6.45) is 1.69. The minimum absolute atomic E-state index is 0. The summed E-state index contributed by atoms with van der Waals surface area (Å²) in [5.74, 6) is 0.918. The zero-order valence-corrected chi connectivity index (χ0v) is 17.4. The van der Waals surface area contributed by atoms with Crippen molar-refractivity contribution < 1.29 is 4.74 Å². The quantitative estimate of drug-likeness (QED) is 0.389. The highest BCUT2D eigenvalue weighted by molar-refractivity contribution is 14.0. The fraction of sp³-hybridized carbons (Fsp3) is 0.938. The van der Waals surface area contributed by atoms with E-state index in [1.807, 2.05) is 0 Å². The molecule has 1 rings (SSSR count). The van der Waals surface area contributed by atoms with Gasteiger partial charge in [0.15, 0.2) is 5.96 Å². The van der Waals surface area contributed by atoms with Crippen molar-refractivity contribution in [3.05, 3.63) is 0 Å². The molecule has 0 amide bonds. The predicted octanol–water partition coefficient (Wildman–Crippen LogP) is 2.46. The third kappa shape index (κ3) is 7.46. The van der Waals surface area contributed by atoms with Crippen LogP contribution in [0.4, 0.5) is 0 Å². The van der Waals surface area contributed by atoms with E-state index in [2.05, 4.69) is 57.1 Å². The molecule has 2 N–H and O–H groups in total. The van der Waals surface area contributed by atoms with Crippen molar-refractivity contribution in [2.75, 3.05) is 32.7 Å². The van der Waals surface area contributed by atoms with Crippen LogP contribution in [0.5, 0.6) is 0 Å². The number of halogens is 1. The van der Waals surface area contributed by atoms with Crippen LogP contribution in [0.2, 0.25) is 0 Å². The van der Waals surface area contributed by atoms with Crippen molar-refractivity contribution in [1.29, 1.82) is 0 Å². The molecule has 1 aliphatic heterocycles. The van der Waals surface area contributed by atoms with Gasteiger partial charge in [0, 0.05) is 31.7 Å². The second-order valence-corrected chi connectivity index (χ2v) is 6.60. The molecule has 5 nitrogen and oxygen atoms in total. The Hall–Kier alpha value is -0.0800. The van der Waals surface area contributed by atoms with Crippen LogP contribution in [0.25, 0.3) is 0 Å². The van der Waals surface area contributed by atoms with Crippen LogP contribution in [-0.4, -0.2) is 61.3 Å². The summed E-state index contributed by atoms with van der Waals surface area (Å²) in [7, 11) is 0. The minimum Gasteiger partial charge on any atom is -0.373 e. The molecule has 0 bridgehead atoms. The molecule has 0 saturated carbocycles. The Kier molecular flexibility index (Phi) is 10.6. The van der Waals surface area contributed by atoms with Gasteiger partial charge in [0.05, 0.1) is 18.8 Å². The Morgan fingerprint density at radius 1 is 1.18 bits per heavy atom. The predicted molar refractivity (Wildman–Crippen MR) is 105 cm³/mol. The smallest absolute Gasteiger partial charge is 0.191 e. The van der Waals surface area contributed by atoms with Gasteiger partial charge in [0.2, 0.25) is 0 Å².